The van der Waals surface area contributed by atoms with Gasteiger partial charge >= 0.3 is 12.1 Å². The van der Waals surface area contributed by atoms with Gasteiger partial charge in [-0.3, -0.25) is 4.79 Å². The van der Waals surface area contributed by atoms with Gasteiger partial charge < -0.3 is 25.6 Å². The maximum atomic E-state index is 12.6. The van der Waals surface area contributed by atoms with Crippen LogP contribution in [0.3, 0.4) is 0 Å². The average molecular weight is 469 g/mol. The number of unbranched alkanes of at least 4 members (excludes halogenated alkanes) is 1. The Labute approximate surface area is 199 Å². The SMILES string of the molecule is CCCC[C@@H](CC(=O)N[C@@H](CCO)C(=O)O)NC(=O)OCC1c2ccccc2-c2ccccc21. The minimum Gasteiger partial charge on any atom is -0.480 e. The molecule has 0 aromatic heterocycles. The lowest BCUT2D eigenvalue weighted by molar-refractivity contribution is -0.142. The first-order valence-electron chi connectivity index (χ1n) is 11.7. The highest BCUT2D eigenvalue weighted by molar-refractivity contribution is 5.84. The number of benzene rings is 2. The molecule has 0 saturated heterocycles. The first kappa shape index (κ1) is 25.2. The summed E-state index contributed by atoms with van der Waals surface area (Å²) in [5.41, 5.74) is 4.50. The standard InChI is InChI=1S/C26H32N2O6/c1-2-3-8-17(15-24(30)28-23(13-14-29)25(31)32)27-26(33)34-16-22-20-11-6-4-9-18(20)19-10-5-7-12-21(19)22/h4-7,9-12,17,22-23,29H,2-3,8,13-16H2,1H3,(H,27,33)(H,28,30)(H,31,32)/t17-,23-/m0/s1. The van der Waals surface area contributed by atoms with Crippen LogP contribution in [0.5, 0.6) is 0 Å². The minimum absolute atomic E-state index is 0.0645. The first-order chi connectivity index (χ1) is 16.4. The summed E-state index contributed by atoms with van der Waals surface area (Å²) in [5.74, 6) is -1.77. The van der Waals surface area contributed by atoms with Crippen LogP contribution in [0.4, 0.5) is 4.79 Å². The van der Waals surface area contributed by atoms with Crippen molar-refractivity contribution in [2.24, 2.45) is 0 Å². The van der Waals surface area contributed by atoms with Gasteiger partial charge in [-0.2, -0.15) is 0 Å². The minimum atomic E-state index is -1.21. The maximum Gasteiger partial charge on any atom is 0.407 e. The summed E-state index contributed by atoms with van der Waals surface area (Å²) in [6.45, 7) is 1.82. The molecule has 0 heterocycles. The van der Waals surface area contributed by atoms with Crippen LogP contribution in [0.1, 0.15) is 56.1 Å². The number of aliphatic hydroxyl groups excluding tert-OH is 1. The highest BCUT2D eigenvalue weighted by Crippen LogP contribution is 2.44. The second-order valence-corrected chi connectivity index (χ2v) is 8.48. The highest BCUT2D eigenvalue weighted by atomic mass is 16.5. The number of alkyl carbamates (subject to hydrolysis) is 1. The van der Waals surface area contributed by atoms with Gasteiger partial charge in [0.05, 0.1) is 0 Å². The number of carbonyl (C=O) groups is 3. The number of carboxylic acid groups (broad SMARTS) is 1. The molecule has 8 heteroatoms. The van der Waals surface area contributed by atoms with Crippen molar-refractivity contribution >= 4 is 18.0 Å². The number of amides is 2. The van der Waals surface area contributed by atoms with Crippen molar-refractivity contribution in [3.8, 4) is 11.1 Å². The monoisotopic (exact) mass is 468 g/mol. The fourth-order valence-electron chi connectivity index (χ4n) is 4.35. The molecular formula is C26H32N2O6. The summed E-state index contributed by atoms with van der Waals surface area (Å²) in [6, 6.07) is 14.5. The number of carbonyl (C=O) groups excluding carboxylic acids is 2. The van der Waals surface area contributed by atoms with E-state index < -0.39 is 30.1 Å². The lowest BCUT2D eigenvalue weighted by Gasteiger charge is -2.21. The molecule has 0 bridgehead atoms. The predicted octanol–water partition coefficient (Wildman–Crippen LogP) is 3.43. The molecule has 4 N–H and O–H groups in total. The molecule has 8 nitrogen and oxygen atoms in total. The van der Waals surface area contributed by atoms with Gasteiger partial charge in [-0.05, 0) is 28.7 Å². The smallest absolute Gasteiger partial charge is 0.407 e. The van der Waals surface area contributed by atoms with E-state index >= 15 is 0 Å². The van der Waals surface area contributed by atoms with E-state index in [-0.39, 0.29) is 32.0 Å². The van der Waals surface area contributed by atoms with E-state index in [2.05, 4.69) is 22.8 Å². The molecule has 0 aliphatic heterocycles. The van der Waals surface area contributed by atoms with E-state index in [0.29, 0.717) is 6.42 Å². The molecule has 2 aromatic rings. The average Bonchev–Trinajstić information content (AvgIpc) is 3.14. The molecule has 0 radical (unpaired) electrons. The van der Waals surface area contributed by atoms with Crippen molar-refractivity contribution in [1.82, 2.24) is 10.6 Å². The molecule has 1 aliphatic carbocycles. The zero-order valence-corrected chi connectivity index (χ0v) is 19.3. The van der Waals surface area contributed by atoms with Gasteiger partial charge in [0, 0.05) is 31.4 Å². The Morgan fingerprint density at radius 2 is 1.59 bits per heavy atom. The van der Waals surface area contributed by atoms with Crippen LogP contribution >= 0.6 is 0 Å². The second kappa shape index (κ2) is 12.2. The van der Waals surface area contributed by atoms with E-state index in [4.69, 9.17) is 9.84 Å². The number of rotatable bonds is 12. The number of carboxylic acids is 1. The Hall–Kier alpha value is -3.39. The molecule has 1 aliphatic rings. The molecule has 182 valence electrons. The van der Waals surface area contributed by atoms with E-state index in [1.165, 1.54) is 0 Å². The van der Waals surface area contributed by atoms with Crippen LogP contribution < -0.4 is 10.6 Å². The number of hydrogen-bond acceptors (Lipinski definition) is 5. The van der Waals surface area contributed by atoms with Gasteiger partial charge in [-0.25, -0.2) is 9.59 Å². The Bertz CT molecular complexity index is 963. The topological polar surface area (TPSA) is 125 Å². The molecular weight excluding hydrogens is 436 g/mol. The predicted molar refractivity (Wildman–Crippen MR) is 127 cm³/mol. The summed E-state index contributed by atoms with van der Waals surface area (Å²) < 4.78 is 5.58. The van der Waals surface area contributed by atoms with Gasteiger partial charge in [-0.15, -0.1) is 0 Å². The number of hydrogen-bond donors (Lipinski definition) is 4. The molecule has 2 amide bonds. The maximum absolute atomic E-state index is 12.6. The number of fused-ring (bicyclic) bond motifs is 3. The Morgan fingerprint density at radius 1 is 0.971 bits per heavy atom. The Morgan fingerprint density at radius 3 is 2.15 bits per heavy atom. The largest absolute Gasteiger partial charge is 0.480 e. The van der Waals surface area contributed by atoms with Gasteiger partial charge in [0.2, 0.25) is 5.91 Å². The molecule has 0 saturated carbocycles. The third kappa shape index (κ3) is 6.35. The van der Waals surface area contributed by atoms with Crippen molar-refractivity contribution in [2.75, 3.05) is 13.2 Å². The fraction of sp³-hybridized carbons (Fsp3) is 0.423. The second-order valence-electron chi connectivity index (χ2n) is 8.48. The van der Waals surface area contributed by atoms with Gasteiger partial charge in [0.25, 0.3) is 0 Å². The van der Waals surface area contributed by atoms with Crippen LogP contribution in [0, 0.1) is 0 Å². The van der Waals surface area contributed by atoms with E-state index in [1.807, 2.05) is 43.3 Å². The van der Waals surface area contributed by atoms with Crippen LogP contribution in [-0.4, -0.2) is 53.5 Å². The Kier molecular flexibility index (Phi) is 9.04. The molecule has 34 heavy (non-hydrogen) atoms. The van der Waals surface area contributed by atoms with Crippen LogP contribution in [0.25, 0.3) is 11.1 Å². The van der Waals surface area contributed by atoms with E-state index in [1.54, 1.807) is 0 Å². The zero-order chi connectivity index (χ0) is 24.5. The fourth-order valence-corrected chi connectivity index (χ4v) is 4.35. The lowest BCUT2D eigenvalue weighted by Crippen LogP contribution is -2.45. The van der Waals surface area contributed by atoms with Crippen LogP contribution in [0.2, 0.25) is 0 Å². The lowest BCUT2D eigenvalue weighted by atomic mass is 9.98. The molecule has 0 unspecified atom stereocenters. The molecule has 0 spiro atoms. The molecule has 0 fully saturated rings. The number of ether oxygens (including phenoxy) is 1. The van der Waals surface area contributed by atoms with Gasteiger partial charge in [0.15, 0.2) is 0 Å². The van der Waals surface area contributed by atoms with Crippen molar-refractivity contribution in [3.63, 3.8) is 0 Å². The summed E-state index contributed by atoms with van der Waals surface area (Å²) in [4.78, 5) is 36.2. The third-order valence-electron chi connectivity index (χ3n) is 6.05. The van der Waals surface area contributed by atoms with Crippen molar-refractivity contribution in [1.29, 1.82) is 0 Å². The number of aliphatic hydroxyl groups is 1. The van der Waals surface area contributed by atoms with Crippen LogP contribution in [0.15, 0.2) is 48.5 Å². The molecule has 2 aromatic carbocycles. The van der Waals surface area contributed by atoms with Crippen molar-refractivity contribution in [2.45, 2.75) is 57.0 Å². The van der Waals surface area contributed by atoms with Gasteiger partial charge in [-0.1, -0.05) is 68.3 Å². The summed E-state index contributed by atoms with van der Waals surface area (Å²) in [6.07, 6.45) is 1.47. The quantitative estimate of drug-likeness (QED) is 0.378. The first-order valence-corrected chi connectivity index (χ1v) is 11.7. The Balaban J connectivity index is 1.60. The summed E-state index contributed by atoms with van der Waals surface area (Å²) in [7, 11) is 0. The van der Waals surface area contributed by atoms with Crippen molar-refractivity contribution in [3.05, 3.63) is 59.7 Å². The normalized spacial score (nSPS) is 13.9. The summed E-state index contributed by atoms with van der Waals surface area (Å²) in [5, 5.41) is 23.3. The zero-order valence-electron chi connectivity index (χ0n) is 19.3. The van der Waals surface area contributed by atoms with Crippen LogP contribution in [-0.2, 0) is 14.3 Å². The van der Waals surface area contributed by atoms with Crippen molar-refractivity contribution < 1.29 is 29.3 Å². The third-order valence-corrected chi connectivity index (χ3v) is 6.05. The number of nitrogens with one attached hydrogen (secondary N) is 2. The van der Waals surface area contributed by atoms with Gasteiger partial charge in [0.1, 0.15) is 12.6 Å². The highest BCUT2D eigenvalue weighted by Gasteiger charge is 2.29. The molecule has 2 atom stereocenters. The van der Waals surface area contributed by atoms with E-state index in [9.17, 15) is 19.5 Å². The number of aliphatic carboxylic acids is 1. The molecule has 3 rings (SSSR count). The summed E-state index contributed by atoms with van der Waals surface area (Å²) >= 11 is 0. The van der Waals surface area contributed by atoms with E-state index in [0.717, 1.165) is 35.1 Å².